The van der Waals surface area contributed by atoms with Gasteiger partial charge in [0, 0.05) is 12.6 Å². The molecule has 0 saturated carbocycles. The van der Waals surface area contributed by atoms with Crippen molar-refractivity contribution >= 4 is 17.2 Å². The second kappa shape index (κ2) is 4.18. The molecule has 0 saturated heterocycles. The number of alkyl halides is 3. The van der Waals surface area contributed by atoms with E-state index < -0.39 is 11.9 Å². The van der Waals surface area contributed by atoms with E-state index in [1.165, 1.54) is 10.9 Å². The first-order valence-corrected chi connectivity index (χ1v) is 4.62. The number of nitrogens with two attached hydrogens (primary N) is 1. The summed E-state index contributed by atoms with van der Waals surface area (Å²) in [5.74, 6) is 0. The van der Waals surface area contributed by atoms with Gasteiger partial charge in [-0.25, -0.2) is 0 Å². The van der Waals surface area contributed by atoms with Crippen LogP contribution in [0.15, 0.2) is 12.3 Å². The summed E-state index contributed by atoms with van der Waals surface area (Å²) < 4.78 is 37.8. The van der Waals surface area contributed by atoms with Gasteiger partial charge >= 0.3 is 6.18 Å². The van der Waals surface area contributed by atoms with Crippen molar-refractivity contribution < 1.29 is 13.2 Å². The first kappa shape index (κ1) is 12.0. The van der Waals surface area contributed by atoms with Gasteiger partial charge in [-0.05, 0) is 13.0 Å². The van der Waals surface area contributed by atoms with Crippen LogP contribution in [-0.2, 0) is 6.18 Å². The molecular weight excluding hydrogens is 227 g/mol. The van der Waals surface area contributed by atoms with Gasteiger partial charge in [-0.3, -0.25) is 4.68 Å². The van der Waals surface area contributed by atoms with Crippen LogP contribution < -0.4 is 5.73 Å². The van der Waals surface area contributed by atoms with E-state index >= 15 is 0 Å². The second-order valence-corrected chi connectivity index (χ2v) is 3.72. The molecule has 7 heteroatoms. The van der Waals surface area contributed by atoms with Crippen LogP contribution in [0.2, 0.25) is 0 Å². The average molecular weight is 237 g/mol. The molecule has 0 unspecified atom stereocenters. The van der Waals surface area contributed by atoms with Crippen molar-refractivity contribution in [1.82, 2.24) is 9.78 Å². The average Bonchev–Trinajstić information content (AvgIpc) is 2.48. The fraction of sp³-hybridized carbons (Fsp3) is 0.500. The third kappa shape index (κ3) is 3.19. The van der Waals surface area contributed by atoms with Gasteiger partial charge in [0.25, 0.3) is 0 Å². The number of hydrogen-bond donors (Lipinski definition) is 1. The van der Waals surface area contributed by atoms with Gasteiger partial charge in [-0.15, -0.1) is 0 Å². The van der Waals surface area contributed by atoms with Crippen LogP contribution in [-0.4, -0.2) is 14.8 Å². The second-order valence-electron chi connectivity index (χ2n) is 3.20. The monoisotopic (exact) mass is 237 g/mol. The molecule has 1 aromatic rings. The quantitative estimate of drug-likeness (QED) is 0.819. The van der Waals surface area contributed by atoms with Crippen LogP contribution in [0.1, 0.15) is 25.1 Å². The minimum atomic E-state index is -4.41. The van der Waals surface area contributed by atoms with Gasteiger partial charge in [-0.1, -0.05) is 12.2 Å². The maximum absolute atomic E-state index is 12.2. The number of nitrogens with zero attached hydrogens (tertiary/aromatic N) is 2. The van der Waals surface area contributed by atoms with Gasteiger partial charge in [0.15, 0.2) is 5.69 Å². The summed E-state index contributed by atoms with van der Waals surface area (Å²) in [7, 11) is 0. The molecule has 2 N–H and O–H groups in total. The molecule has 1 atom stereocenters. The van der Waals surface area contributed by atoms with Crippen molar-refractivity contribution in [1.29, 1.82) is 0 Å². The van der Waals surface area contributed by atoms with Crippen LogP contribution in [0.4, 0.5) is 13.2 Å². The summed E-state index contributed by atoms with van der Waals surface area (Å²) in [6, 6.07) is 0.661. The third-order valence-corrected chi connectivity index (χ3v) is 2.01. The zero-order valence-corrected chi connectivity index (χ0v) is 8.77. The number of rotatable bonds is 3. The highest BCUT2D eigenvalue weighted by atomic mass is 32.1. The van der Waals surface area contributed by atoms with Crippen LogP contribution in [0.5, 0.6) is 0 Å². The Hall–Kier alpha value is -1.11. The Kier molecular flexibility index (Phi) is 3.33. The van der Waals surface area contributed by atoms with E-state index in [4.69, 9.17) is 5.73 Å². The van der Waals surface area contributed by atoms with Gasteiger partial charge in [-0.2, -0.15) is 18.3 Å². The van der Waals surface area contributed by atoms with Crippen LogP contribution in [0.3, 0.4) is 0 Å². The Balaban J connectivity index is 2.80. The first-order valence-electron chi connectivity index (χ1n) is 4.21. The molecule has 1 aromatic heterocycles. The predicted octanol–water partition coefficient (Wildman–Crippen LogP) is 2.14. The number of halogens is 3. The number of thiocarbonyl (C=S) groups is 1. The van der Waals surface area contributed by atoms with E-state index in [0.29, 0.717) is 6.42 Å². The molecule has 0 fully saturated rings. The molecule has 0 radical (unpaired) electrons. The Bertz CT molecular complexity index is 358. The Labute approximate surface area is 90.1 Å². The van der Waals surface area contributed by atoms with E-state index in [9.17, 15) is 13.2 Å². The first-order chi connectivity index (χ1) is 6.80. The highest BCUT2D eigenvalue weighted by molar-refractivity contribution is 7.80. The van der Waals surface area contributed by atoms with E-state index in [2.05, 4.69) is 17.3 Å². The minimum absolute atomic E-state index is 0.256. The van der Waals surface area contributed by atoms with Crippen molar-refractivity contribution in [2.45, 2.75) is 25.6 Å². The van der Waals surface area contributed by atoms with Crippen LogP contribution >= 0.6 is 12.2 Å². The molecule has 0 spiro atoms. The largest absolute Gasteiger partial charge is 0.435 e. The molecular formula is C8H10F3N3S. The summed E-state index contributed by atoms with van der Waals surface area (Å²) in [4.78, 5) is 0.256. The highest BCUT2D eigenvalue weighted by Gasteiger charge is 2.33. The number of aromatic nitrogens is 2. The standard InChI is InChI=1S/C8H10F3N3S/c1-5(4-7(12)15)14-3-2-6(13-14)8(9,10)11/h2-3,5H,4H2,1H3,(H2,12,15)/t5-/m0/s1. The maximum atomic E-state index is 12.2. The minimum Gasteiger partial charge on any atom is -0.393 e. The van der Waals surface area contributed by atoms with Crippen LogP contribution in [0.25, 0.3) is 0 Å². The maximum Gasteiger partial charge on any atom is 0.435 e. The summed E-state index contributed by atoms with van der Waals surface area (Å²) in [6.45, 7) is 1.70. The molecule has 1 heterocycles. The molecule has 15 heavy (non-hydrogen) atoms. The molecule has 3 nitrogen and oxygen atoms in total. The summed E-state index contributed by atoms with van der Waals surface area (Å²) >= 11 is 4.67. The molecule has 1 rings (SSSR count). The van der Waals surface area contributed by atoms with Gasteiger partial charge in [0.1, 0.15) is 0 Å². The third-order valence-electron chi connectivity index (χ3n) is 1.85. The lowest BCUT2D eigenvalue weighted by atomic mass is 10.2. The fourth-order valence-electron chi connectivity index (χ4n) is 1.12. The molecule has 0 amide bonds. The van der Waals surface area contributed by atoms with Gasteiger partial charge in [0.05, 0.1) is 11.0 Å². The molecule has 0 aliphatic carbocycles. The van der Waals surface area contributed by atoms with E-state index in [-0.39, 0.29) is 11.0 Å². The molecule has 0 aliphatic heterocycles. The van der Waals surface area contributed by atoms with E-state index in [1.54, 1.807) is 6.92 Å². The number of hydrogen-bond acceptors (Lipinski definition) is 2. The normalized spacial score (nSPS) is 13.9. The van der Waals surface area contributed by atoms with Crippen molar-refractivity contribution in [3.05, 3.63) is 18.0 Å². The predicted molar refractivity (Wildman–Crippen MR) is 53.3 cm³/mol. The van der Waals surface area contributed by atoms with Crippen molar-refractivity contribution in [3.63, 3.8) is 0 Å². The smallest absolute Gasteiger partial charge is 0.393 e. The zero-order valence-electron chi connectivity index (χ0n) is 7.95. The fourth-order valence-corrected chi connectivity index (χ4v) is 1.36. The van der Waals surface area contributed by atoms with Crippen molar-refractivity contribution in [2.75, 3.05) is 0 Å². The SMILES string of the molecule is C[C@@H](CC(N)=S)n1ccc(C(F)(F)F)n1. The summed E-state index contributed by atoms with van der Waals surface area (Å²) in [6.07, 6.45) is -2.81. The Morgan fingerprint density at radius 3 is 2.67 bits per heavy atom. The van der Waals surface area contributed by atoms with Gasteiger partial charge in [0.2, 0.25) is 0 Å². The van der Waals surface area contributed by atoms with Gasteiger partial charge < -0.3 is 5.73 Å². The molecule has 0 aliphatic rings. The zero-order chi connectivity index (χ0) is 11.6. The highest BCUT2D eigenvalue weighted by Crippen LogP contribution is 2.28. The molecule has 0 bridgehead atoms. The Morgan fingerprint density at radius 1 is 1.67 bits per heavy atom. The molecule has 0 aromatic carbocycles. The van der Waals surface area contributed by atoms with E-state index in [0.717, 1.165) is 6.07 Å². The Morgan fingerprint density at radius 2 is 2.27 bits per heavy atom. The lowest BCUT2D eigenvalue weighted by Gasteiger charge is -2.10. The summed E-state index contributed by atoms with van der Waals surface area (Å²) in [5.41, 5.74) is 4.39. The molecule has 84 valence electrons. The lowest BCUT2D eigenvalue weighted by Crippen LogP contribution is -2.17. The van der Waals surface area contributed by atoms with E-state index in [1.807, 2.05) is 0 Å². The van der Waals surface area contributed by atoms with Crippen LogP contribution in [0, 0.1) is 0 Å². The van der Waals surface area contributed by atoms with Crippen molar-refractivity contribution in [2.24, 2.45) is 5.73 Å². The van der Waals surface area contributed by atoms with Crippen molar-refractivity contribution in [3.8, 4) is 0 Å². The topological polar surface area (TPSA) is 43.8 Å². The lowest BCUT2D eigenvalue weighted by molar-refractivity contribution is -0.141. The summed E-state index contributed by atoms with van der Waals surface area (Å²) in [5, 5.41) is 3.41.